The number of halogens is 1. The standard InChI is InChI=1S/C16H14FN5O2.C8H11N/c1-9-5-11(3-4-12(9)17)7-18-15(24)13-6-14(10(2)23)22-16(21-13)19-8-20-22;1-7-2-4-8(6-9)5-3-7/h3-6,8H,7H2,1-2H3,(H,18,24);2-5H,6,9H2,1H3. The maximum atomic E-state index is 13.3. The van der Waals surface area contributed by atoms with E-state index in [0.717, 1.165) is 5.56 Å². The van der Waals surface area contributed by atoms with Gasteiger partial charge in [0.1, 0.15) is 23.5 Å². The van der Waals surface area contributed by atoms with Gasteiger partial charge in [-0.05, 0) is 42.7 Å². The molecule has 2 aromatic carbocycles. The van der Waals surface area contributed by atoms with Crippen LogP contribution in [0.3, 0.4) is 0 Å². The number of rotatable bonds is 5. The van der Waals surface area contributed by atoms with Crippen LogP contribution >= 0.6 is 0 Å². The van der Waals surface area contributed by atoms with Gasteiger partial charge in [0.15, 0.2) is 5.78 Å². The van der Waals surface area contributed by atoms with Crippen LogP contribution in [0.5, 0.6) is 0 Å². The first-order chi connectivity index (χ1) is 15.8. The number of amides is 1. The third-order valence-electron chi connectivity index (χ3n) is 4.88. The molecule has 2 aromatic heterocycles. The van der Waals surface area contributed by atoms with E-state index in [1.807, 2.05) is 0 Å². The van der Waals surface area contributed by atoms with E-state index in [1.165, 1.54) is 41.0 Å². The van der Waals surface area contributed by atoms with Crippen molar-refractivity contribution < 1.29 is 14.0 Å². The van der Waals surface area contributed by atoms with E-state index in [9.17, 15) is 14.0 Å². The Morgan fingerprint density at radius 1 is 1.06 bits per heavy atom. The topological polar surface area (TPSA) is 115 Å². The molecule has 0 radical (unpaired) electrons. The van der Waals surface area contributed by atoms with E-state index in [4.69, 9.17) is 5.73 Å². The Bertz CT molecular complexity index is 1280. The Hall–Kier alpha value is -3.98. The van der Waals surface area contributed by atoms with Crippen LogP contribution in [0.1, 0.15) is 50.2 Å². The summed E-state index contributed by atoms with van der Waals surface area (Å²) < 4.78 is 14.5. The molecular weight excluding hydrogens is 423 g/mol. The smallest absolute Gasteiger partial charge is 0.270 e. The lowest BCUT2D eigenvalue weighted by Gasteiger charge is -2.07. The van der Waals surface area contributed by atoms with E-state index in [-0.39, 0.29) is 35.3 Å². The molecule has 33 heavy (non-hydrogen) atoms. The Kier molecular flexibility index (Phi) is 7.57. The average Bonchev–Trinajstić information content (AvgIpc) is 3.28. The zero-order valence-electron chi connectivity index (χ0n) is 18.7. The molecule has 0 aliphatic rings. The number of fused-ring (bicyclic) bond motifs is 1. The van der Waals surface area contributed by atoms with Crippen LogP contribution in [0.2, 0.25) is 0 Å². The number of hydrogen-bond acceptors (Lipinski definition) is 6. The van der Waals surface area contributed by atoms with Crippen molar-refractivity contribution in [2.45, 2.75) is 33.9 Å². The first-order valence-electron chi connectivity index (χ1n) is 10.3. The number of aryl methyl sites for hydroxylation is 2. The van der Waals surface area contributed by atoms with Crippen molar-refractivity contribution >= 4 is 17.5 Å². The highest BCUT2D eigenvalue weighted by Gasteiger charge is 2.15. The number of nitrogens with one attached hydrogen (secondary N) is 1. The molecule has 0 aliphatic heterocycles. The third-order valence-corrected chi connectivity index (χ3v) is 4.88. The SMILES string of the molecule is CC(=O)c1cc(C(=O)NCc2ccc(F)c(C)c2)nc2ncnn12.Cc1ccc(CN)cc1. The second kappa shape index (κ2) is 10.6. The Labute approximate surface area is 190 Å². The van der Waals surface area contributed by atoms with Crippen LogP contribution < -0.4 is 11.1 Å². The lowest BCUT2D eigenvalue weighted by Crippen LogP contribution is -2.25. The summed E-state index contributed by atoms with van der Waals surface area (Å²) in [5.41, 5.74) is 9.44. The fourth-order valence-electron chi connectivity index (χ4n) is 2.99. The van der Waals surface area contributed by atoms with E-state index in [2.05, 4.69) is 51.6 Å². The lowest BCUT2D eigenvalue weighted by atomic mass is 10.1. The Balaban J connectivity index is 0.000000286. The molecule has 1 amide bonds. The molecule has 0 saturated carbocycles. The molecule has 0 unspecified atom stereocenters. The quantitative estimate of drug-likeness (QED) is 0.453. The predicted molar refractivity (Wildman–Crippen MR) is 122 cm³/mol. The summed E-state index contributed by atoms with van der Waals surface area (Å²) in [5.74, 6) is -0.832. The van der Waals surface area contributed by atoms with Crippen molar-refractivity contribution in [2.75, 3.05) is 0 Å². The van der Waals surface area contributed by atoms with Crippen molar-refractivity contribution in [1.82, 2.24) is 24.9 Å². The number of carbonyl (C=O) groups is 2. The highest BCUT2D eigenvalue weighted by molar-refractivity contribution is 5.98. The predicted octanol–water partition coefficient (Wildman–Crippen LogP) is 3.16. The van der Waals surface area contributed by atoms with Gasteiger partial charge >= 0.3 is 0 Å². The van der Waals surface area contributed by atoms with Gasteiger partial charge in [-0.2, -0.15) is 14.6 Å². The van der Waals surface area contributed by atoms with Crippen molar-refractivity contribution in [3.05, 3.63) is 94.3 Å². The summed E-state index contributed by atoms with van der Waals surface area (Å²) in [5, 5.41) is 6.60. The van der Waals surface area contributed by atoms with Gasteiger partial charge in [-0.25, -0.2) is 9.37 Å². The van der Waals surface area contributed by atoms with E-state index >= 15 is 0 Å². The van der Waals surface area contributed by atoms with E-state index in [1.54, 1.807) is 19.1 Å². The molecule has 0 fully saturated rings. The molecule has 0 saturated heterocycles. The molecule has 4 rings (SSSR count). The molecule has 2 heterocycles. The molecule has 0 spiro atoms. The van der Waals surface area contributed by atoms with E-state index in [0.29, 0.717) is 12.1 Å². The monoisotopic (exact) mass is 448 g/mol. The highest BCUT2D eigenvalue weighted by Crippen LogP contribution is 2.10. The molecule has 0 bridgehead atoms. The highest BCUT2D eigenvalue weighted by atomic mass is 19.1. The Morgan fingerprint density at radius 2 is 1.76 bits per heavy atom. The number of ketones is 1. The van der Waals surface area contributed by atoms with Crippen LogP contribution in [-0.4, -0.2) is 31.3 Å². The number of aromatic nitrogens is 4. The minimum atomic E-state index is -0.454. The van der Waals surface area contributed by atoms with Gasteiger partial charge < -0.3 is 11.1 Å². The fraction of sp³-hybridized carbons (Fsp3) is 0.208. The minimum absolute atomic E-state index is 0.0690. The number of benzene rings is 2. The molecule has 0 aliphatic carbocycles. The molecule has 3 N–H and O–H groups in total. The normalized spacial score (nSPS) is 10.5. The molecule has 170 valence electrons. The van der Waals surface area contributed by atoms with Gasteiger partial charge in [-0.15, -0.1) is 0 Å². The Morgan fingerprint density at radius 3 is 2.39 bits per heavy atom. The summed E-state index contributed by atoms with van der Waals surface area (Å²) in [7, 11) is 0. The average molecular weight is 449 g/mol. The van der Waals surface area contributed by atoms with Crippen LogP contribution in [0.15, 0.2) is 54.9 Å². The minimum Gasteiger partial charge on any atom is -0.347 e. The van der Waals surface area contributed by atoms with Gasteiger partial charge in [-0.3, -0.25) is 9.59 Å². The van der Waals surface area contributed by atoms with Crippen LogP contribution in [-0.2, 0) is 13.1 Å². The largest absolute Gasteiger partial charge is 0.347 e. The molecule has 9 heteroatoms. The van der Waals surface area contributed by atoms with Gasteiger partial charge in [-0.1, -0.05) is 42.0 Å². The summed E-state index contributed by atoms with van der Waals surface area (Å²) in [6, 6.07) is 14.2. The number of hydrogen-bond donors (Lipinski definition) is 2. The second-order valence-electron chi connectivity index (χ2n) is 7.51. The number of nitrogens with two attached hydrogens (primary N) is 1. The first-order valence-corrected chi connectivity index (χ1v) is 10.3. The number of carbonyl (C=O) groups excluding carboxylic acids is 2. The van der Waals surface area contributed by atoms with Gasteiger partial charge in [0.25, 0.3) is 11.7 Å². The summed E-state index contributed by atoms with van der Waals surface area (Å²) >= 11 is 0. The molecule has 8 nitrogen and oxygen atoms in total. The summed E-state index contributed by atoms with van der Waals surface area (Å²) in [6.45, 7) is 5.95. The maximum absolute atomic E-state index is 13.3. The zero-order valence-corrected chi connectivity index (χ0v) is 18.7. The van der Waals surface area contributed by atoms with Crippen LogP contribution in [0.4, 0.5) is 4.39 Å². The second-order valence-corrected chi connectivity index (χ2v) is 7.51. The third kappa shape index (κ3) is 6.05. The van der Waals surface area contributed by atoms with Crippen molar-refractivity contribution in [1.29, 1.82) is 0 Å². The van der Waals surface area contributed by atoms with E-state index < -0.39 is 5.91 Å². The van der Waals surface area contributed by atoms with Crippen LogP contribution in [0.25, 0.3) is 5.78 Å². The summed E-state index contributed by atoms with van der Waals surface area (Å²) in [6.07, 6.45) is 1.26. The molecule has 0 atom stereocenters. The maximum Gasteiger partial charge on any atom is 0.270 e. The zero-order chi connectivity index (χ0) is 24.0. The van der Waals surface area contributed by atoms with Crippen molar-refractivity contribution in [3.8, 4) is 0 Å². The van der Waals surface area contributed by atoms with Crippen molar-refractivity contribution in [2.24, 2.45) is 5.73 Å². The summed E-state index contributed by atoms with van der Waals surface area (Å²) in [4.78, 5) is 32.0. The fourth-order valence-corrected chi connectivity index (χ4v) is 2.99. The molecule has 4 aromatic rings. The lowest BCUT2D eigenvalue weighted by molar-refractivity contribution is 0.0946. The number of Topliss-reactive ketones (excluding diaryl/α,β-unsaturated/α-hetero) is 1. The van der Waals surface area contributed by atoms with Crippen LogP contribution in [0, 0.1) is 19.7 Å². The van der Waals surface area contributed by atoms with Gasteiger partial charge in [0.2, 0.25) is 0 Å². The first kappa shape index (κ1) is 23.7. The van der Waals surface area contributed by atoms with Gasteiger partial charge in [0, 0.05) is 20.0 Å². The molecular formula is C24H25FN6O2. The van der Waals surface area contributed by atoms with Gasteiger partial charge in [0.05, 0.1) is 0 Å². The van der Waals surface area contributed by atoms with Crippen molar-refractivity contribution in [3.63, 3.8) is 0 Å². The number of nitrogens with zero attached hydrogens (tertiary/aromatic N) is 4.